The minimum absolute atomic E-state index is 0.185. The van der Waals surface area contributed by atoms with Crippen LogP contribution >= 0.6 is 0 Å². The Bertz CT molecular complexity index is 1260. The first-order valence-corrected chi connectivity index (χ1v) is 32.2. The molecular weight excluding hydrogens is 923 g/mol. The highest BCUT2D eigenvalue weighted by molar-refractivity contribution is 5.76. The first kappa shape index (κ1) is 70.4. The molecule has 0 spiro atoms. The van der Waals surface area contributed by atoms with Gasteiger partial charge in [-0.3, -0.25) is 4.79 Å². The lowest BCUT2D eigenvalue weighted by atomic mass is 9.99. The smallest absolute Gasteiger partial charge is 0.220 e. The predicted octanol–water partition coefficient (Wildman–Crippen LogP) is 16.7. The summed E-state index contributed by atoms with van der Waals surface area (Å²) in [6.07, 6.45) is 65.3. The molecule has 0 aliphatic carbocycles. The SMILES string of the molecule is CCCCCCCCCCCCCCCCCCCCCCCC/C=C/CC/C=C/CC/C=C/C(O)C(COC1OC(CO)C(O)C(O)C1O)NC(=O)CCCCCCCCCCCCCCCCCCCCC. The van der Waals surface area contributed by atoms with Gasteiger partial charge in [-0.15, -0.1) is 0 Å². The Balaban J connectivity index is 2.18. The van der Waals surface area contributed by atoms with Crippen molar-refractivity contribution in [1.29, 1.82) is 0 Å². The molecule has 0 saturated carbocycles. The van der Waals surface area contributed by atoms with Gasteiger partial charge in [0.15, 0.2) is 6.29 Å². The minimum atomic E-state index is -1.57. The Morgan fingerprint density at radius 1 is 0.446 bits per heavy atom. The Labute approximate surface area is 457 Å². The van der Waals surface area contributed by atoms with Gasteiger partial charge in [-0.2, -0.15) is 0 Å². The Hall–Kier alpha value is -1.59. The van der Waals surface area contributed by atoms with Crippen molar-refractivity contribution < 1.29 is 39.8 Å². The number of amides is 1. The maximum Gasteiger partial charge on any atom is 0.220 e. The number of unbranched alkanes of at least 4 members (excludes halogenated alkanes) is 42. The van der Waals surface area contributed by atoms with Crippen molar-refractivity contribution in [2.24, 2.45) is 0 Å². The van der Waals surface area contributed by atoms with Gasteiger partial charge in [-0.05, 0) is 44.9 Å². The quantitative estimate of drug-likeness (QED) is 0.0261. The number of allylic oxidation sites excluding steroid dienone is 5. The van der Waals surface area contributed by atoms with E-state index in [4.69, 9.17) is 9.47 Å². The van der Waals surface area contributed by atoms with E-state index in [0.29, 0.717) is 6.42 Å². The van der Waals surface area contributed by atoms with E-state index < -0.39 is 49.5 Å². The number of aliphatic hydroxyl groups is 5. The highest BCUT2D eigenvalue weighted by Gasteiger charge is 2.44. The van der Waals surface area contributed by atoms with Crippen molar-refractivity contribution >= 4 is 5.91 Å². The molecular formula is C65H123NO8. The molecule has 9 heteroatoms. The van der Waals surface area contributed by atoms with Gasteiger partial charge in [0.25, 0.3) is 0 Å². The molecule has 7 unspecified atom stereocenters. The molecule has 1 aliphatic heterocycles. The van der Waals surface area contributed by atoms with Crippen LogP contribution in [0, 0.1) is 0 Å². The van der Waals surface area contributed by atoms with E-state index in [1.807, 2.05) is 6.08 Å². The number of hydrogen-bond donors (Lipinski definition) is 6. The summed E-state index contributed by atoms with van der Waals surface area (Å²) in [5.41, 5.74) is 0. The second-order valence-corrected chi connectivity index (χ2v) is 22.5. The lowest BCUT2D eigenvalue weighted by Crippen LogP contribution is -2.60. The summed E-state index contributed by atoms with van der Waals surface area (Å²) in [6, 6.07) is -0.827. The van der Waals surface area contributed by atoms with Crippen LogP contribution in [0.3, 0.4) is 0 Å². The highest BCUT2D eigenvalue weighted by Crippen LogP contribution is 2.23. The largest absolute Gasteiger partial charge is 0.394 e. The van der Waals surface area contributed by atoms with E-state index in [9.17, 15) is 30.3 Å². The Morgan fingerprint density at radius 3 is 1.14 bits per heavy atom. The summed E-state index contributed by atoms with van der Waals surface area (Å²) in [4.78, 5) is 13.1. The van der Waals surface area contributed by atoms with Gasteiger partial charge in [0.05, 0.1) is 25.4 Å². The molecule has 7 atom stereocenters. The number of carbonyl (C=O) groups is 1. The molecule has 0 bridgehead atoms. The summed E-state index contributed by atoms with van der Waals surface area (Å²) in [5.74, 6) is -0.185. The summed E-state index contributed by atoms with van der Waals surface area (Å²) < 4.78 is 11.3. The number of carbonyl (C=O) groups excluding carboxylic acids is 1. The standard InChI is InChI=1S/C65H123NO8/c1-3-5-7-9-11-13-15-17-19-21-23-24-25-26-27-28-29-30-31-32-33-34-35-37-38-40-42-44-46-48-50-52-54-59(68)58(57-73-65-64(72)63(71)62(70)60(56-67)74-65)66-61(69)55-53-51-49-47-45-43-41-39-36-22-20-18-16-14-12-10-8-6-4-2/h37-38,44,46,52,54,58-60,62-65,67-68,70-72H,3-36,39-43,45,47-51,53,55-57H2,1-2H3,(H,66,69)/b38-37+,46-44+,54-52+. The third-order valence-corrected chi connectivity index (χ3v) is 15.4. The van der Waals surface area contributed by atoms with Gasteiger partial charge in [0.1, 0.15) is 24.4 Å². The number of aliphatic hydroxyl groups excluding tert-OH is 5. The lowest BCUT2D eigenvalue weighted by molar-refractivity contribution is -0.302. The molecule has 9 nitrogen and oxygen atoms in total. The molecule has 0 aromatic carbocycles. The van der Waals surface area contributed by atoms with Crippen molar-refractivity contribution in [1.82, 2.24) is 5.32 Å². The van der Waals surface area contributed by atoms with Crippen LogP contribution < -0.4 is 5.32 Å². The topological polar surface area (TPSA) is 149 Å². The van der Waals surface area contributed by atoms with Crippen LogP contribution in [-0.4, -0.2) is 87.5 Å². The van der Waals surface area contributed by atoms with Gasteiger partial charge in [0, 0.05) is 6.42 Å². The van der Waals surface area contributed by atoms with Crippen LogP contribution in [0.25, 0.3) is 0 Å². The fraction of sp³-hybridized carbons (Fsp3) is 0.892. The van der Waals surface area contributed by atoms with E-state index in [-0.39, 0.29) is 12.5 Å². The first-order chi connectivity index (χ1) is 36.3. The third-order valence-electron chi connectivity index (χ3n) is 15.4. The van der Waals surface area contributed by atoms with E-state index >= 15 is 0 Å². The van der Waals surface area contributed by atoms with Crippen LogP contribution in [0.1, 0.15) is 316 Å². The molecule has 0 aromatic rings. The number of ether oxygens (including phenoxy) is 2. The molecule has 6 N–H and O–H groups in total. The summed E-state index contributed by atoms with van der Waals surface area (Å²) in [7, 11) is 0. The fourth-order valence-corrected chi connectivity index (χ4v) is 10.4. The van der Waals surface area contributed by atoms with Gasteiger partial charge in [0.2, 0.25) is 5.91 Å². The molecule has 74 heavy (non-hydrogen) atoms. The van der Waals surface area contributed by atoms with Crippen LogP contribution in [0.15, 0.2) is 36.5 Å². The van der Waals surface area contributed by atoms with E-state index in [1.54, 1.807) is 6.08 Å². The molecule has 1 amide bonds. The Morgan fingerprint density at radius 2 is 0.770 bits per heavy atom. The second-order valence-electron chi connectivity index (χ2n) is 22.5. The van der Waals surface area contributed by atoms with E-state index in [0.717, 1.165) is 44.9 Å². The van der Waals surface area contributed by atoms with Crippen LogP contribution in [0.2, 0.25) is 0 Å². The number of hydrogen-bond acceptors (Lipinski definition) is 8. The van der Waals surface area contributed by atoms with Gasteiger partial charge in [-0.25, -0.2) is 0 Å². The normalized spacial score (nSPS) is 19.1. The average Bonchev–Trinajstić information content (AvgIpc) is 3.40. The third kappa shape index (κ3) is 43.4. The molecule has 1 saturated heterocycles. The molecule has 1 aliphatic rings. The lowest BCUT2D eigenvalue weighted by Gasteiger charge is -2.40. The van der Waals surface area contributed by atoms with Crippen LogP contribution in [-0.2, 0) is 14.3 Å². The van der Waals surface area contributed by atoms with Gasteiger partial charge >= 0.3 is 0 Å². The second kappa shape index (κ2) is 54.8. The molecule has 0 radical (unpaired) electrons. The van der Waals surface area contributed by atoms with Crippen LogP contribution in [0.4, 0.5) is 0 Å². The zero-order valence-corrected chi connectivity index (χ0v) is 48.6. The van der Waals surface area contributed by atoms with Gasteiger partial charge in [-0.1, -0.05) is 301 Å². The maximum absolute atomic E-state index is 13.1. The Kier molecular flexibility index (Phi) is 52.1. The van der Waals surface area contributed by atoms with Gasteiger partial charge < -0.3 is 40.3 Å². The van der Waals surface area contributed by atoms with E-state index in [2.05, 4.69) is 43.5 Å². The first-order valence-electron chi connectivity index (χ1n) is 32.2. The summed E-state index contributed by atoms with van der Waals surface area (Å²) >= 11 is 0. The van der Waals surface area contributed by atoms with Crippen LogP contribution in [0.5, 0.6) is 0 Å². The van der Waals surface area contributed by atoms with Crippen molar-refractivity contribution in [3.05, 3.63) is 36.5 Å². The monoisotopic (exact) mass is 1050 g/mol. The van der Waals surface area contributed by atoms with Crippen molar-refractivity contribution in [2.75, 3.05) is 13.2 Å². The summed E-state index contributed by atoms with van der Waals surface area (Å²) in [6.45, 7) is 3.80. The van der Waals surface area contributed by atoms with Crippen molar-refractivity contribution in [2.45, 2.75) is 358 Å². The zero-order valence-electron chi connectivity index (χ0n) is 48.6. The molecule has 0 aromatic heterocycles. The summed E-state index contributed by atoms with van der Waals surface area (Å²) in [5, 5.41) is 54.6. The van der Waals surface area contributed by atoms with Crippen molar-refractivity contribution in [3.8, 4) is 0 Å². The number of nitrogens with one attached hydrogen (secondary N) is 1. The van der Waals surface area contributed by atoms with E-state index in [1.165, 1.54) is 250 Å². The highest BCUT2D eigenvalue weighted by atomic mass is 16.7. The average molecular weight is 1050 g/mol. The molecule has 1 rings (SSSR count). The zero-order chi connectivity index (χ0) is 53.6. The predicted molar refractivity (Wildman–Crippen MR) is 313 cm³/mol. The molecule has 436 valence electrons. The fourth-order valence-electron chi connectivity index (χ4n) is 10.4. The number of rotatable bonds is 56. The molecule has 1 fully saturated rings. The molecule has 1 heterocycles. The minimum Gasteiger partial charge on any atom is -0.394 e. The maximum atomic E-state index is 13.1. The van der Waals surface area contributed by atoms with Crippen molar-refractivity contribution in [3.63, 3.8) is 0 Å².